The number of hydrogen-bond donors (Lipinski definition) is 1. The van der Waals surface area contributed by atoms with Crippen LogP contribution in [0.4, 0.5) is 5.82 Å². The Labute approximate surface area is 204 Å². The number of ether oxygens (including phenoxy) is 2. The highest BCUT2D eigenvalue weighted by Crippen LogP contribution is 2.30. The van der Waals surface area contributed by atoms with Crippen molar-refractivity contribution in [1.82, 2.24) is 14.8 Å². The lowest BCUT2D eigenvalue weighted by atomic mass is 10.1. The molecule has 0 aliphatic rings. The molecule has 2 heterocycles. The van der Waals surface area contributed by atoms with Gasteiger partial charge in [0.25, 0.3) is 5.91 Å². The average Bonchev–Trinajstić information content (AvgIpc) is 3.27. The summed E-state index contributed by atoms with van der Waals surface area (Å²) in [4.78, 5) is 17.9. The second-order valence-electron chi connectivity index (χ2n) is 8.00. The number of nitriles is 1. The molecule has 0 spiro atoms. The molecule has 8 nitrogen and oxygen atoms in total. The Morgan fingerprint density at radius 1 is 1.11 bits per heavy atom. The highest BCUT2D eigenvalue weighted by atomic mass is 16.5. The third-order valence-electron chi connectivity index (χ3n) is 5.51. The monoisotopic (exact) mass is 469 g/mol. The van der Waals surface area contributed by atoms with Gasteiger partial charge in [-0.3, -0.25) is 4.79 Å². The van der Waals surface area contributed by atoms with E-state index in [2.05, 4.69) is 28.4 Å². The number of unbranched alkanes of at least 4 members (excludes halogenated alkanes) is 1. The van der Waals surface area contributed by atoms with Crippen LogP contribution in [0.5, 0.6) is 11.5 Å². The highest BCUT2D eigenvalue weighted by Gasteiger charge is 2.19. The second-order valence-corrected chi connectivity index (χ2v) is 8.00. The summed E-state index contributed by atoms with van der Waals surface area (Å²) >= 11 is 0. The summed E-state index contributed by atoms with van der Waals surface area (Å²) in [5.41, 5.74) is 2.41. The number of pyridine rings is 1. The maximum Gasteiger partial charge on any atom is 0.256 e. The van der Waals surface area contributed by atoms with Crippen LogP contribution >= 0.6 is 0 Å². The van der Waals surface area contributed by atoms with Gasteiger partial charge in [0, 0.05) is 10.9 Å². The molecule has 0 radical (unpaired) electrons. The Bertz CT molecular complexity index is 1400. The average molecular weight is 470 g/mol. The molecule has 0 atom stereocenters. The predicted octanol–water partition coefficient (Wildman–Crippen LogP) is 5.43. The van der Waals surface area contributed by atoms with Gasteiger partial charge >= 0.3 is 0 Å². The minimum absolute atomic E-state index is 0.232. The van der Waals surface area contributed by atoms with Crippen LogP contribution in [0.3, 0.4) is 0 Å². The van der Waals surface area contributed by atoms with E-state index in [0.29, 0.717) is 36.1 Å². The van der Waals surface area contributed by atoms with Crippen LogP contribution in [0.1, 0.15) is 48.2 Å². The molecule has 2 aromatic carbocycles. The number of rotatable bonds is 9. The van der Waals surface area contributed by atoms with E-state index in [1.54, 1.807) is 18.2 Å². The molecular weight excluding hydrogens is 442 g/mol. The number of benzene rings is 2. The molecule has 0 aliphatic carbocycles. The maximum absolute atomic E-state index is 13.2. The molecule has 35 heavy (non-hydrogen) atoms. The van der Waals surface area contributed by atoms with Gasteiger partial charge in [-0.1, -0.05) is 31.5 Å². The second kappa shape index (κ2) is 10.7. The van der Waals surface area contributed by atoms with E-state index in [0.717, 1.165) is 29.3 Å². The zero-order valence-electron chi connectivity index (χ0n) is 20.0. The molecule has 0 bridgehead atoms. The fraction of sp³-hybridized carbons (Fsp3) is 0.259. The first-order valence-corrected chi connectivity index (χ1v) is 11.6. The Morgan fingerprint density at radius 2 is 1.94 bits per heavy atom. The van der Waals surface area contributed by atoms with Crippen molar-refractivity contribution in [3.05, 3.63) is 71.4 Å². The summed E-state index contributed by atoms with van der Waals surface area (Å²) in [5, 5.41) is 17.8. The van der Waals surface area contributed by atoms with Crippen LogP contribution in [-0.4, -0.2) is 33.9 Å². The molecule has 2 aromatic heterocycles. The van der Waals surface area contributed by atoms with E-state index < -0.39 is 5.91 Å². The van der Waals surface area contributed by atoms with Gasteiger partial charge in [-0.25, -0.2) is 4.98 Å². The van der Waals surface area contributed by atoms with Crippen LogP contribution in [0.15, 0.2) is 54.7 Å². The molecule has 178 valence electrons. The summed E-state index contributed by atoms with van der Waals surface area (Å²) < 4.78 is 13.0. The zero-order chi connectivity index (χ0) is 24.8. The molecule has 0 aliphatic heterocycles. The van der Waals surface area contributed by atoms with Crippen molar-refractivity contribution in [3.8, 4) is 23.4 Å². The van der Waals surface area contributed by atoms with Crippen molar-refractivity contribution in [2.75, 3.05) is 18.5 Å². The molecule has 4 rings (SSSR count). The molecule has 1 N–H and O–H groups in total. The van der Waals surface area contributed by atoms with Crippen molar-refractivity contribution < 1.29 is 14.3 Å². The number of nitrogens with one attached hydrogen (secondary N) is 1. The molecule has 4 aromatic rings. The number of fused-ring (bicyclic) bond motifs is 1. The summed E-state index contributed by atoms with van der Waals surface area (Å²) in [6.07, 6.45) is 3.36. The summed E-state index contributed by atoms with van der Waals surface area (Å²) in [6, 6.07) is 16.8. The predicted molar refractivity (Wildman–Crippen MR) is 134 cm³/mol. The first kappa shape index (κ1) is 23.8. The number of amides is 1. The lowest BCUT2D eigenvalue weighted by Crippen LogP contribution is -2.17. The Morgan fingerprint density at radius 3 is 2.71 bits per heavy atom. The van der Waals surface area contributed by atoms with Gasteiger partial charge < -0.3 is 14.8 Å². The Balaban J connectivity index is 1.66. The number of hydrogen-bond acceptors (Lipinski definition) is 6. The summed E-state index contributed by atoms with van der Waals surface area (Å²) in [7, 11) is 0. The molecule has 0 fully saturated rings. The number of carbonyl (C=O) groups excluding carboxylic acids is 1. The van der Waals surface area contributed by atoms with E-state index in [1.165, 1.54) is 10.9 Å². The number of anilines is 1. The van der Waals surface area contributed by atoms with Gasteiger partial charge in [0.05, 0.1) is 24.9 Å². The molecule has 0 saturated heterocycles. The standard InChI is InChI=1S/C27H27N5O3/c1-4-6-13-35-23-12-11-19(15-24(23)34-5-2)27(33)31-26-20(16-28)17-29-32(26)25-14-18(3)21-9-7-8-10-22(21)30-25/h7-12,14-15,17H,4-6,13H2,1-3H3,(H,31,33). The van der Waals surface area contributed by atoms with E-state index in [9.17, 15) is 10.1 Å². The largest absolute Gasteiger partial charge is 0.490 e. The van der Waals surface area contributed by atoms with Crippen molar-refractivity contribution in [1.29, 1.82) is 5.26 Å². The lowest BCUT2D eigenvalue weighted by Gasteiger charge is -2.14. The third-order valence-corrected chi connectivity index (χ3v) is 5.51. The first-order valence-electron chi connectivity index (χ1n) is 11.6. The van der Waals surface area contributed by atoms with E-state index in [-0.39, 0.29) is 11.4 Å². The minimum atomic E-state index is -0.401. The van der Waals surface area contributed by atoms with Crippen LogP contribution in [-0.2, 0) is 0 Å². The van der Waals surface area contributed by atoms with Gasteiger partial charge in [-0.2, -0.15) is 15.0 Å². The van der Waals surface area contributed by atoms with Crippen LogP contribution < -0.4 is 14.8 Å². The van der Waals surface area contributed by atoms with Crippen molar-refractivity contribution in [3.63, 3.8) is 0 Å². The summed E-state index contributed by atoms with van der Waals surface area (Å²) in [6.45, 7) is 6.96. The van der Waals surface area contributed by atoms with Crippen molar-refractivity contribution >= 4 is 22.6 Å². The van der Waals surface area contributed by atoms with Gasteiger partial charge in [0.1, 0.15) is 11.6 Å². The fourth-order valence-electron chi connectivity index (χ4n) is 3.71. The van der Waals surface area contributed by atoms with E-state index in [4.69, 9.17) is 9.47 Å². The Hall–Kier alpha value is -4.38. The van der Waals surface area contributed by atoms with Gasteiger partial charge in [-0.05, 0) is 56.2 Å². The smallest absolute Gasteiger partial charge is 0.256 e. The van der Waals surface area contributed by atoms with Crippen LogP contribution in [0, 0.1) is 18.3 Å². The molecule has 1 amide bonds. The number of carbonyl (C=O) groups is 1. The van der Waals surface area contributed by atoms with Gasteiger partial charge in [0.15, 0.2) is 23.1 Å². The lowest BCUT2D eigenvalue weighted by molar-refractivity contribution is 0.102. The zero-order valence-corrected chi connectivity index (χ0v) is 20.0. The first-order chi connectivity index (χ1) is 17.0. The fourth-order valence-corrected chi connectivity index (χ4v) is 3.71. The minimum Gasteiger partial charge on any atom is -0.490 e. The number of aromatic nitrogens is 3. The number of aryl methyl sites for hydroxylation is 1. The molecular formula is C27H27N5O3. The van der Waals surface area contributed by atoms with Gasteiger partial charge in [-0.15, -0.1) is 0 Å². The topological polar surface area (TPSA) is 102 Å². The molecule has 0 saturated carbocycles. The quantitative estimate of drug-likeness (QED) is 0.328. The third kappa shape index (κ3) is 5.09. The maximum atomic E-state index is 13.2. The molecule has 0 unspecified atom stereocenters. The van der Waals surface area contributed by atoms with Crippen LogP contribution in [0.25, 0.3) is 16.7 Å². The van der Waals surface area contributed by atoms with Crippen molar-refractivity contribution in [2.45, 2.75) is 33.6 Å². The van der Waals surface area contributed by atoms with E-state index in [1.807, 2.05) is 44.2 Å². The SMILES string of the molecule is CCCCOc1ccc(C(=O)Nc2c(C#N)cnn2-c2cc(C)c3ccccc3n2)cc1OCC. The molecule has 8 heteroatoms. The number of para-hydroxylation sites is 1. The van der Waals surface area contributed by atoms with Crippen LogP contribution in [0.2, 0.25) is 0 Å². The van der Waals surface area contributed by atoms with Gasteiger partial charge in [0.2, 0.25) is 0 Å². The Kier molecular flexibility index (Phi) is 7.27. The van der Waals surface area contributed by atoms with Crippen molar-refractivity contribution in [2.24, 2.45) is 0 Å². The van der Waals surface area contributed by atoms with E-state index >= 15 is 0 Å². The number of nitrogens with zero attached hydrogens (tertiary/aromatic N) is 4. The summed E-state index contributed by atoms with van der Waals surface area (Å²) in [5.74, 6) is 1.45. The normalized spacial score (nSPS) is 10.7. The highest BCUT2D eigenvalue weighted by molar-refractivity contribution is 6.05.